The molecule has 0 bridgehead atoms. The van der Waals surface area contributed by atoms with Gasteiger partial charge in [0, 0.05) is 17.1 Å². The molecule has 248 valence electrons. The van der Waals surface area contributed by atoms with E-state index in [2.05, 4.69) is 16.0 Å². The van der Waals surface area contributed by atoms with Crippen LogP contribution in [0.15, 0.2) is 66.7 Å². The quantitative estimate of drug-likeness (QED) is 0.155. The minimum Gasteiger partial charge on any atom is -0.491 e. The van der Waals surface area contributed by atoms with Crippen LogP contribution in [0, 0.1) is 0 Å². The smallest absolute Gasteiger partial charge is 0.416 e. The van der Waals surface area contributed by atoms with Crippen molar-refractivity contribution in [2.24, 2.45) is 0 Å². The zero-order valence-corrected chi connectivity index (χ0v) is 25.5. The summed E-state index contributed by atoms with van der Waals surface area (Å²) in [7, 11) is 0. The summed E-state index contributed by atoms with van der Waals surface area (Å²) in [6.07, 6.45) is -11.1. The molecule has 3 aromatic rings. The van der Waals surface area contributed by atoms with Gasteiger partial charge in [-0.15, -0.1) is 0 Å². The average molecular weight is 674 g/mol. The van der Waals surface area contributed by atoms with Crippen molar-refractivity contribution in [2.75, 3.05) is 18.5 Å². The maximum absolute atomic E-state index is 13.4. The fourth-order valence-corrected chi connectivity index (χ4v) is 4.16. The summed E-state index contributed by atoms with van der Waals surface area (Å²) in [6.45, 7) is 4.95. The first-order valence-corrected chi connectivity index (χ1v) is 14.0. The Morgan fingerprint density at radius 3 is 2.02 bits per heavy atom. The fraction of sp³-hybridized carbons (Fsp3) is 0.323. The highest BCUT2D eigenvalue weighted by Gasteiger charge is 2.37. The van der Waals surface area contributed by atoms with Crippen LogP contribution in [-0.2, 0) is 28.3 Å². The zero-order valence-electron chi connectivity index (χ0n) is 24.7. The number of ether oxygens (including phenoxy) is 2. The third-order valence-corrected chi connectivity index (χ3v) is 6.21. The monoisotopic (exact) mass is 673 g/mol. The number of anilines is 1. The molecule has 0 aliphatic carbocycles. The van der Waals surface area contributed by atoms with Gasteiger partial charge in [-0.05, 0) is 62.7 Å². The summed E-state index contributed by atoms with van der Waals surface area (Å²) in [4.78, 5) is 38.6. The van der Waals surface area contributed by atoms with Crippen LogP contribution in [0.2, 0.25) is 5.02 Å². The fourth-order valence-electron chi connectivity index (χ4n) is 3.99. The summed E-state index contributed by atoms with van der Waals surface area (Å²) in [5.41, 5.74) is -4.35. The Balaban J connectivity index is 1.84. The number of alkyl halides is 6. The van der Waals surface area contributed by atoms with Crippen molar-refractivity contribution < 1.29 is 50.2 Å². The molecule has 0 fully saturated rings. The van der Waals surface area contributed by atoms with Gasteiger partial charge in [0.2, 0.25) is 5.91 Å². The standard InChI is InChI=1S/C31H30ClF6N3O5/c1-29(2,3)46-28(44)39-11-12-45-25-10-9-21(32)17-23(25)26(42)41-24(13-18-7-5-4-6-8-18)27(43)40-22-15-19(30(33,34)35)14-20(16-22)31(36,37)38/h4-10,14-17,24H,11-13H2,1-3H3,(H,39,44)(H,40,43)(H,41,42)/t24-/m0/s1. The van der Waals surface area contributed by atoms with Gasteiger partial charge in [0.1, 0.15) is 24.0 Å². The summed E-state index contributed by atoms with van der Waals surface area (Å²) < 4.78 is 91.0. The van der Waals surface area contributed by atoms with E-state index in [0.717, 1.165) is 0 Å². The molecule has 0 aliphatic heterocycles. The second kappa shape index (κ2) is 14.8. The van der Waals surface area contributed by atoms with Crippen molar-refractivity contribution in [3.05, 3.63) is 94.0 Å². The Morgan fingerprint density at radius 1 is 0.848 bits per heavy atom. The highest BCUT2D eigenvalue weighted by molar-refractivity contribution is 6.31. The molecule has 0 aliphatic rings. The van der Waals surface area contributed by atoms with Gasteiger partial charge in [0.05, 0.1) is 23.2 Å². The van der Waals surface area contributed by atoms with Crippen LogP contribution in [-0.4, -0.2) is 42.7 Å². The van der Waals surface area contributed by atoms with Gasteiger partial charge >= 0.3 is 18.4 Å². The molecular weight excluding hydrogens is 644 g/mol. The summed E-state index contributed by atoms with van der Waals surface area (Å²) >= 11 is 6.09. The van der Waals surface area contributed by atoms with Gasteiger partial charge in [-0.3, -0.25) is 9.59 Å². The van der Waals surface area contributed by atoms with Gasteiger partial charge in [-0.25, -0.2) is 4.79 Å². The molecule has 1 atom stereocenters. The number of alkyl carbamates (subject to hydrolysis) is 1. The predicted molar refractivity (Wildman–Crippen MR) is 158 cm³/mol. The third kappa shape index (κ3) is 11.2. The molecule has 0 radical (unpaired) electrons. The first-order chi connectivity index (χ1) is 21.3. The average Bonchev–Trinajstić information content (AvgIpc) is 2.94. The number of rotatable bonds is 10. The lowest BCUT2D eigenvalue weighted by Gasteiger charge is -2.21. The summed E-state index contributed by atoms with van der Waals surface area (Å²) in [5.74, 6) is -1.95. The summed E-state index contributed by atoms with van der Waals surface area (Å²) in [6, 6.07) is 11.4. The van der Waals surface area contributed by atoms with Gasteiger partial charge in [0.15, 0.2) is 0 Å². The Labute approximate surface area is 265 Å². The van der Waals surface area contributed by atoms with E-state index < -0.39 is 58.7 Å². The number of carbonyl (C=O) groups excluding carboxylic acids is 3. The third-order valence-electron chi connectivity index (χ3n) is 5.97. The highest BCUT2D eigenvalue weighted by atomic mass is 35.5. The van der Waals surface area contributed by atoms with Crippen molar-refractivity contribution >= 4 is 35.2 Å². The molecule has 3 amide bonds. The second-order valence-electron chi connectivity index (χ2n) is 10.9. The van der Waals surface area contributed by atoms with E-state index in [0.29, 0.717) is 17.7 Å². The molecule has 0 saturated carbocycles. The molecule has 46 heavy (non-hydrogen) atoms. The second-order valence-corrected chi connectivity index (χ2v) is 11.4. The van der Waals surface area contributed by atoms with Crippen LogP contribution in [0.25, 0.3) is 0 Å². The lowest BCUT2D eigenvalue weighted by atomic mass is 10.0. The van der Waals surface area contributed by atoms with E-state index in [1.165, 1.54) is 18.2 Å². The van der Waals surface area contributed by atoms with E-state index >= 15 is 0 Å². The molecule has 0 saturated heterocycles. The highest BCUT2D eigenvalue weighted by Crippen LogP contribution is 2.37. The van der Waals surface area contributed by atoms with Crippen LogP contribution in [0.3, 0.4) is 0 Å². The normalized spacial score (nSPS) is 12.6. The molecular formula is C31H30ClF6N3O5. The Bertz CT molecular complexity index is 1510. The number of hydrogen-bond acceptors (Lipinski definition) is 5. The van der Waals surface area contributed by atoms with E-state index in [-0.39, 0.29) is 42.0 Å². The summed E-state index contributed by atoms with van der Waals surface area (Å²) in [5, 5.41) is 7.15. The van der Waals surface area contributed by atoms with Gasteiger partial charge in [-0.1, -0.05) is 41.9 Å². The van der Waals surface area contributed by atoms with Crippen LogP contribution in [0.5, 0.6) is 5.75 Å². The van der Waals surface area contributed by atoms with Crippen LogP contribution >= 0.6 is 11.6 Å². The molecule has 0 aromatic heterocycles. The number of halogens is 7. The minimum atomic E-state index is -5.14. The SMILES string of the molecule is CC(C)(C)OC(=O)NCCOc1ccc(Cl)cc1C(=O)N[C@@H](Cc1ccccc1)C(=O)Nc1cc(C(F)(F)F)cc(C(F)(F)F)c1. The molecule has 3 N–H and O–H groups in total. The molecule has 0 unspecified atom stereocenters. The minimum absolute atomic E-state index is 0.00542. The van der Waals surface area contributed by atoms with E-state index in [4.69, 9.17) is 21.1 Å². The van der Waals surface area contributed by atoms with Gasteiger partial charge < -0.3 is 25.4 Å². The molecule has 8 nitrogen and oxygen atoms in total. The number of benzene rings is 3. The molecule has 3 rings (SSSR count). The van der Waals surface area contributed by atoms with E-state index in [1.54, 1.807) is 51.1 Å². The lowest BCUT2D eigenvalue weighted by molar-refractivity contribution is -0.143. The first kappa shape index (κ1) is 36.0. The largest absolute Gasteiger partial charge is 0.491 e. The zero-order chi connectivity index (χ0) is 34.3. The number of nitrogens with one attached hydrogen (secondary N) is 3. The lowest BCUT2D eigenvalue weighted by Crippen LogP contribution is -2.45. The van der Waals surface area contributed by atoms with E-state index in [1.807, 2.05) is 0 Å². The topological polar surface area (TPSA) is 106 Å². The molecule has 15 heteroatoms. The van der Waals surface area contributed by atoms with Crippen LogP contribution in [0.4, 0.5) is 36.8 Å². The number of hydrogen-bond donors (Lipinski definition) is 3. The molecule has 0 heterocycles. The Kier molecular flexibility index (Phi) is 11.6. The van der Waals surface area contributed by atoms with Crippen LogP contribution in [0.1, 0.15) is 47.8 Å². The maximum atomic E-state index is 13.4. The van der Waals surface area contributed by atoms with Crippen molar-refractivity contribution in [3.63, 3.8) is 0 Å². The van der Waals surface area contributed by atoms with Crippen molar-refractivity contribution in [1.29, 1.82) is 0 Å². The van der Waals surface area contributed by atoms with Crippen molar-refractivity contribution in [3.8, 4) is 5.75 Å². The van der Waals surface area contributed by atoms with Gasteiger partial charge in [-0.2, -0.15) is 26.3 Å². The van der Waals surface area contributed by atoms with Crippen LogP contribution < -0.4 is 20.7 Å². The van der Waals surface area contributed by atoms with Gasteiger partial charge in [0.25, 0.3) is 5.91 Å². The molecule has 3 aromatic carbocycles. The van der Waals surface area contributed by atoms with E-state index in [9.17, 15) is 40.7 Å². The maximum Gasteiger partial charge on any atom is 0.416 e. The number of carbonyl (C=O) groups is 3. The van der Waals surface area contributed by atoms with Crippen molar-refractivity contribution in [1.82, 2.24) is 10.6 Å². The van der Waals surface area contributed by atoms with Crippen molar-refractivity contribution in [2.45, 2.75) is 51.2 Å². The first-order valence-electron chi connectivity index (χ1n) is 13.7. The molecule has 0 spiro atoms. The Morgan fingerprint density at radius 2 is 1.46 bits per heavy atom. The Hall–Kier alpha value is -4.46. The number of amides is 3. The predicted octanol–water partition coefficient (Wildman–Crippen LogP) is 7.26.